The number of aryl methyl sites for hydroxylation is 2. The third kappa shape index (κ3) is 4.98. The van der Waals surface area contributed by atoms with Crippen LogP contribution in [0.5, 0.6) is 0 Å². The van der Waals surface area contributed by atoms with Gasteiger partial charge in [0.15, 0.2) is 0 Å². The van der Waals surface area contributed by atoms with Crippen molar-refractivity contribution in [2.24, 2.45) is 0 Å². The topological polar surface area (TPSA) is 25.3 Å². The number of allylic oxidation sites excluding steroid dienone is 2. The predicted molar refractivity (Wildman–Crippen MR) is 128 cm³/mol. The van der Waals surface area contributed by atoms with Crippen LogP contribution in [0.2, 0.25) is 0 Å². The Morgan fingerprint density at radius 3 is 1.63 bits per heavy atom. The van der Waals surface area contributed by atoms with Crippen LogP contribution in [-0.2, 0) is 0 Å². The molecule has 0 spiro atoms. The molecular formula is C28H36N2. The third-order valence-electron chi connectivity index (χ3n) is 6.00. The first-order valence-electron chi connectivity index (χ1n) is 11.7. The van der Waals surface area contributed by atoms with Crippen molar-refractivity contribution < 1.29 is 4.70 Å². The van der Waals surface area contributed by atoms with Crippen molar-refractivity contribution in [1.82, 2.24) is 0 Å². The molecule has 0 saturated heterocycles. The van der Waals surface area contributed by atoms with E-state index in [1.807, 2.05) is 0 Å². The minimum absolute atomic E-state index is 0.981. The minimum atomic E-state index is 0.981. The Labute approximate surface area is 182 Å². The highest BCUT2D eigenvalue weighted by molar-refractivity contribution is 5.82. The van der Waals surface area contributed by atoms with Crippen molar-refractivity contribution in [3.8, 4) is 0 Å². The summed E-state index contributed by atoms with van der Waals surface area (Å²) in [6, 6.07) is 17.1. The second kappa shape index (κ2) is 10.5. The molecule has 2 aromatic carbocycles. The molecule has 0 saturated carbocycles. The quantitative estimate of drug-likeness (QED) is 0.282. The zero-order chi connectivity index (χ0) is 21.5. The summed E-state index contributed by atoms with van der Waals surface area (Å²) in [5.41, 5.74) is 20.8. The molecule has 1 heterocycles. The van der Waals surface area contributed by atoms with Gasteiger partial charge in [-0.3, -0.25) is 0 Å². The lowest BCUT2D eigenvalue weighted by atomic mass is 9.91. The Morgan fingerprint density at radius 1 is 0.667 bits per heavy atom. The summed E-state index contributed by atoms with van der Waals surface area (Å²) in [5, 5.41) is 0. The van der Waals surface area contributed by atoms with Crippen LogP contribution >= 0.6 is 0 Å². The summed E-state index contributed by atoms with van der Waals surface area (Å²) in [6.07, 6.45) is 9.25. The molecule has 0 aromatic heterocycles. The first kappa shape index (κ1) is 22.2. The van der Waals surface area contributed by atoms with E-state index in [9.17, 15) is 5.53 Å². The maximum atomic E-state index is 11.5. The Hall–Kier alpha value is -2.48. The molecule has 0 atom stereocenters. The van der Waals surface area contributed by atoms with E-state index in [1.165, 1.54) is 52.7 Å². The number of benzene rings is 2. The van der Waals surface area contributed by atoms with E-state index in [1.54, 1.807) is 0 Å². The van der Waals surface area contributed by atoms with Crippen LogP contribution in [0.4, 0.5) is 0 Å². The molecule has 2 nitrogen and oxygen atoms in total. The predicted octanol–water partition coefficient (Wildman–Crippen LogP) is 8.63. The molecule has 2 heteroatoms. The van der Waals surface area contributed by atoms with Gasteiger partial charge in [-0.1, -0.05) is 74.9 Å². The first-order chi connectivity index (χ1) is 14.6. The van der Waals surface area contributed by atoms with Gasteiger partial charge in [0.2, 0.25) is 11.4 Å². The van der Waals surface area contributed by atoms with Gasteiger partial charge in [-0.15, -0.1) is 0 Å². The largest absolute Gasteiger partial charge is 0.493 e. The summed E-state index contributed by atoms with van der Waals surface area (Å²) < 4.78 is 1.49. The molecule has 0 amide bonds. The lowest BCUT2D eigenvalue weighted by Gasteiger charge is -2.10. The van der Waals surface area contributed by atoms with Gasteiger partial charge in [0.1, 0.15) is 0 Å². The average molecular weight is 401 g/mol. The van der Waals surface area contributed by atoms with Crippen LogP contribution in [0.3, 0.4) is 0 Å². The number of hydrogen-bond donors (Lipinski definition) is 0. The van der Waals surface area contributed by atoms with Crippen LogP contribution < -0.4 is 0 Å². The van der Waals surface area contributed by atoms with Crippen molar-refractivity contribution >= 4 is 11.4 Å². The van der Waals surface area contributed by atoms with Crippen molar-refractivity contribution in [3.63, 3.8) is 0 Å². The minimum Gasteiger partial charge on any atom is -0.493 e. The normalized spacial score (nSPS) is 14.2. The van der Waals surface area contributed by atoms with E-state index in [2.05, 4.69) is 76.2 Å². The lowest BCUT2D eigenvalue weighted by molar-refractivity contribution is -0.345. The smallest absolute Gasteiger partial charge is 0.211 e. The van der Waals surface area contributed by atoms with Gasteiger partial charge in [0, 0.05) is 22.3 Å². The molecule has 2 aromatic rings. The molecule has 0 radical (unpaired) electrons. The van der Waals surface area contributed by atoms with E-state index < -0.39 is 0 Å². The van der Waals surface area contributed by atoms with Gasteiger partial charge in [-0.25, -0.2) is 4.70 Å². The average Bonchev–Trinajstić information content (AvgIpc) is 3.00. The summed E-state index contributed by atoms with van der Waals surface area (Å²) in [5.74, 6) is 0. The molecule has 3 rings (SSSR count). The van der Waals surface area contributed by atoms with Gasteiger partial charge in [0.25, 0.3) is 0 Å². The molecule has 1 aliphatic heterocycles. The summed E-state index contributed by atoms with van der Waals surface area (Å²) in [4.78, 5) is 0. The monoisotopic (exact) mass is 400 g/mol. The van der Waals surface area contributed by atoms with Crippen molar-refractivity contribution in [2.75, 3.05) is 0 Å². The SMILES string of the molecule is CCCCCCC1=C(c2cccc(C)c2)[N+](=[N-])C(c2cccc(C)c2)=C1CCCC. The summed E-state index contributed by atoms with van der Waals surface area (Å²) >= 11 is 0. The first-order valence-corrected chi connectivity index (χ1v) is 11.7. The second-order valence-electron chi connectivity index (χ2n) is 8.62. The van der Waals surface area contributed by atoms with Crippen LogP contribution in [-0.4, -0.2) is 4.70 Å². The standard InChI is InChI=1S/C28H36N2/c1-5-7-9-10-18-26-25(17-8-6-2)27(23-15-11-13-21(3)19-23)30(29)28(26)24-16-12-14-22(4)20-24/h11-16,19-20H,5-10,17-18H2,1-4H3. The van der Waals surface area contributed by atoms with Crippen LogP contribution in [0.1, 0.15) is 87.5 Å². The van der Waals surface area contributed by atoms with Crippen molar-refractivity contribution in [2.45, 2.75) is 79.1 Å². The highest BCUT2D eigenvalue weighted by Crippen LogP contribution is 2.44. The molecule has 158 valence electrons. The van der Waals surface area contributed by atoms with Crippen molar-refractivity contribution in [3.05, 3.63) is 87.5 Å². The number of hydrogen-bond acceptors (Lipinski definition) is 0. The highest BCUT2D eigenvalue weighted by Gasteiger charge is 2.35. The molecule has 0 unspecified atom stereocenters. The Bertz CT molecular complexity index is 962. The van der Waals surface area contributed by atoms with E-state index in [4.69, 9.17) is 0 Å². The van der Waals surface area contributed by atoms with Gasteiger partial charge in [-0.2, -0.15) is 0 Å². The molecule has 0 aliphatic carbocycles. The van der Waals surface area contributed by atoms with Gasteiger partial charge < -0.3 is 5.53 Å². The maximum absolute atomic E-state index is 11.5. The fourth-order valence-electron chi connectivity index (χ4n) is 4.45. The van der Waals surface area contributed by atoms with E-state index in [-0.39, 0.29) is 0 Å². The fourth-order valence-corrected chi connectivity index (χ4v) is 4.45. The van der Waals surface area contributed by atoms with Gasteiger partial charge in [0.05, 0.1) is 0 Å². The van der Waals surface area contributed by atoms with Crippen LogP contribution in [0.25, 0.3) is 16.9 Å². The fraction of sp³-hybridized carbons (Fsp3) is 0.429. The zero-order valence-electron chi connectivity index (χ0n) is 19.2. The molecule has 30 heavy (non-hydrogen) atoms. The van der Waals surface area contributed by atoms with Gasteiger partial charge >= 0.3 is 0 Å². The Kier molecular flexibility index (Phi) is 7.79. The highest BCUT2D eigenvalue weighted by atomic mass is 15.2. The summed E-state index contributed by atoms with van der Waals surface area (Å²) in [7, 11) is 0. The molecule has 0 bridgehead atoms. The maximum Gasteiger partial charge on any atom is 0.211 e. The van der Waals surface area contributed by atoms with E-state index in [0.717, 1.165) is 48.2 Å². The number of unbranched alkanes of at least 4 members (excludes halogenated alkanes) is 4. The second-order valence-corrected chi connectivity index (χ2v) is 8.62. The van der Waals surface area contributed by atoms with Crippen molar-refractivity contribution in [1.29, 1.82) is 0 Å². The molecule has 0 fully saturated rings. The molecule has 0 N–H and O–H groups in total. The zero-order valence-corrected chi connectivity index (χ0v) is 19.2. The molecular weight excluding hydrogens is 364 g/mol. The third-order valence-corrected chi connectivity index (χ3v) is 6.00. The summed E-state index contributed by atoms with van der Waals surface area (Å²) in [6.45, 7) is 8.73. The van der Waals surface area contributed by atoms with Gasteiger partial charge in [-0.05, 0) is 63.8 Å². The Balaban J connectivity index is 2.12. The van der Waals surface area contributed by atoms with E-state index >= 15 is 0 Å². The van der Waals surface area contributed by atoms with E-state index in [0.29, 0.717) is 0 Å². The Morgan fingerprint density at radius 2 is 1.17 bits per heavy atom. The number of nitrogens with zero attached hydrogens (tertiary/aromatic N) is 2. The molecule has 1 aliphatic rings. The van der Waals surface area contributed by atoms with Crippen LogP contribution in [0.15, 0.2) is 59.7 Å². The number of rotatable bonds is 10. The lowest BCUT2D eigenvalue weighted by Crippen LogP contribution is -2.03. The van der Waals surface area contributed by atoms with Crippen LogP contribution in [0, 0.1) is 13.8 Å².